The van der Waals surface area contributed by atoms with Crippen LogP contribution in [0.15, 0.2) is 59.1 Å². The maximum Gasteiger partial charge on any atom is 0.416 e. The van der Waals surface area contributed by atoms with Gasteiger partial charge in [-0.1, -0.05) is 41.6 Å². The van der Waals surface area contributed by atoms with Crippen LogP contribution in [0.1, 0.15) is 17.9 Å². The third-order valence-corrected chi connectivity index (χ3v) is 3.88. The summed E-state index contributed by atoms with van der Waals surface area (Å²) in [6, 6.07) is 13.3. The Bertz CT molecular complexity index is 1020. The summed E-state index contributed by atoms with van der Waals surface area (Å²) < 4.78 is 47.9. The number of hydrogen-bond donors (Lipinski definition) is 1. The highest BCUT2D eigenvalue weighted by atomic mass is 19.4. The monoisotopic (exact) mass is 419 g/mol. The van der Waals surface area contributed by atoms with Crippen molar-refractivity contribution in [3.8, 4) is 11.4 Å². The van der Waals surface area contributed by atoms with Gasteiger partial charge in [-0.3, -0.25) is 9.59 Å². The first-order valence-electron chi connectivity index (χ1n) is 8.82. The van der Waals surface area contributed by atoms with Crippen molar-refractivity contribution in [3.63, 3.8) is 0 Å². The van der Waals surface area contributed by atoms with E-state index in [1.165, 1.54) is 12.1 Å². The lowest BCUT2D eigenvalue weighted by Gasteiger charge is -2.10. The maximum absolute atomic E-state index is 12.7. The van der Waals surface area contributed by atoms with Crippen LogP contribution in [0.3, 0.4) is 0 Å². The second kappa shape index (κ2) is 9.21. The molecule has 0 fully saturated rings. The van der Waals surface area contributed by atoms with Crippen molar-refractivity contribution in [1.82, 2.24) is 10.1 Å². The zero-order valence-corrected chi connectivity index (χ0v) is 15.5. The number of amides is 1. The minimum atomic E-state index is -4.53. The number of halogens is 3. The van der Waals surface area contributed by atoms with Crippen LogP contribution in [0.2, 0.25) is 0 Å². The van der Waals surface area contributed by atoms with E-state index in [0.29, 0.717) is 5.82 Å². The summed E-state index contributed by atoms with van der Waals surface area (Å²) in [5.41, 5.74) is -0.182. The molecule has 1 aromatic heterocycles. The molecule has 3 aromatic rings. The minimum Gasteiger partial charge on any atom is -0.456 e. The molecule has 0 unspecified atom stereocenters. The van der Waals surface area contributed by atoms with Crippen LogP contribution in [-0.2, 0) is 26.9 Å². The number of benzene rings is 2. The fourth-order valence-electron chi connectivity index (χ4n) is 2.46. The van der Waals surface area contributed by atoms with Gasteiger partial charge >= 0.3 is 12.1 Å². The number of carbonyl (C=O) groups is 2. The van der Waals surface area contributed by atoms with Crippen molar-refractivity contribution in [1.29, 1.82) is 0 Å². The smallest absolute Gasteiger partial charge is 0.416 e. The Kier molecular flexibility index (Phi) is 6.45. The Hall–Kier alpha value is -3.69. The molecule has 0 radical (unpaired) electrons. The molecule has 0 bridgehead atoms. The molecule has 156 valence electrons. The molecule has 1 heterocycles. The Morgan fingerprint density at radius 3 is 2.57 bits per heavy atom. The lowest BCUT2D eigenvalue weighted by molar-refractivity contribution is -0.147. The summed E-state index contributed by atoms with van der Waals surface area (Å²) >= 11 is 0. The van der Waals surface area contributed by atoms with Gasteiger partial charge in [0.2, 0.25) is 11.7 Å². The molecule has 0 saturated heterocycles. The largest absolute Gasteiger partial charge is 0.456 e. The first-order chi connectivity index (χ1) is 14.3. The fourth-order valence-corrected chi connectivity index (χ4v) is 2.46. The van der Waals surface area contributed by atoms with Gasteiger partial charge in [-0.15, -0.1) is 0 Å². The molecule has 7 nitrogen and oxygen atoms in total. The zero-order valence-electron chi connectivity index (χ0n) is 15.5. The zero-order chi connectivity index (χ0) is 21.6. The van der Waals surface area contributed by atoms with Crippen molar-refractivity contribution >= 4 is 17.6 Å². The van der Waals surface area contributed by atoms with Gasteiger partial charge in [0, 0.05) is 17.7 Å². The summed E-state index contributed by atoms with van der Waals surface area (Å²) in [4.78, 5) is 27.8. The van der Waals surface area contributed by atoms with Crippen LogP contribution in [0.25, 0.3) is 11.4 Å². The van der Waals surface area contributed by atoms with E-state index < -0.39 is 30.2 Å². The SMILES string of the molecule is O=C(COC(=O)CCc1nc(-c2ccccc2)no1)Nc1cccc(C(F)(F)F)c1. The van der Waals surface area contributed by atoms with Crippen molar-refractivity contribution in [3.05, 3.63) is 66.1 Å². The van der Waals surface area contributed by atoms with Crippen LogP contribution < -0.4 is 5.32 Å². The standard InChI is InChI=1S/C20H16F3N3O4/c21-20(22,23)14-7-4-8-15(11-14)24-16(27)12-29-18(28)10-9-17-25-19(26-30-17)13-5-2-1-3-6-13/h1-8,11H,9-10,12H2,(H,24,27). The predicted octanol–water partition coefficient (Wildman–Crippen LogP) is 3.87. The molecule has 0 spiro atoms. The first kappa shape index (κ1) is 21.0. The maximum atomic E-state index is 12.7. The van der Waals surface area contributed by atoms with E-state index in [4.69, 9.17) is 9.26 Å². The summed E-state index contributed by atoms with van der Waals surface area (Å²) in [6.07, 6.45) is -4.51. The molecule has 1 amide bonds. The molecule has 2 aromatic carbocycles. The highest BCUT2D eigenvalue weighted by molar-refractivity contribution is 5.92. The van der Waals surface area contributed by atoms with E-state index in [9.17, 15) is 22.8 Å². The van der Waals surface area contributed by atoms with Crippen LogP contribution in [0, 0.1) is 0 Å². The van der Waals surface area contributed by atoms with Gasteiger partial charge in [0.25, 0.3) is 5.91 Å². The van der Waals surface area contributed by atoms with Crippen molar-refractivity contribution in [2.45, 2.75) is 19.0 Å². The molecule has 0 aliphatic heterocycles. The van der Waals surface area contributed by atoms with Gasteiger partial charge in [0.1, 0.15) is 0 Å². The highest BCUT2D eigenvalue weighted by Gasteiger charge is 2.30. The van der Waals surface area contributed by atoms with Crippen LogP contribution in [-0.4, -0.2) is 28.6 Å². The van der Waals surface area contributed by atoms with E-state index in [2.05, 4.69) is 15.5 Å². The lowest BCUT2D eigenvalue weighted by Crippen LogP contribution is -2.21. The molecule has 0 saturated carbocycles. The topological polar surface area (TPSA) is 94.3 Å². The van der Waals surface area contributed by atoms with E-state index in [0.717, 1.165) is 17.7 Å². The molecule has 0 atom stereocenters. The number of carbonyl (C=O) groups excluding carboxylic acids is 2. The Morgan fingerprint density at radius 1 is 1.07 bits per heavy atom. The van der Waals surface area contributed by atoms with Crippen molar-refractivity contribution in [2.75, 3.05) is 11.9 Å². The summed E-state index contributed by atoms with van der Waals surface area (Å²) in [5, 5.41) is 6.08. The molecule has 30 heavy (non-hydrogen) atoms. The van der Waals surface area contributed by atoms with Crippen LogP contribution in [0.4, 0.5) is 18.9 Å². The summed E-state index contributed by atoms with van der Waals surface area (Å²) in [7, 11) is 0. The van der Waals surface area contributed by atoms with E-state index >= 15 is 0 Å². The first-order valence-corrected chi connectivity index (χ1v) is 8.82. The average molecular weight is 419 g/mol. The van der Waals surface area contributed by atoms with Crippen LogP contribution in [0.5, 0.6) is 0 Å². The predicted molar refractivity (Wildman–Crippen MR) is 99.1 cm³/mol. The molecular formula is C20H16F3N3O4. The molecular weight excluding hydrogens is 403 g/mol. The normalized spacial score (nSPS) is 11.2. The number of alkyl halides is 3. The third kappa shape index (κ3) is 5.90. The lowest BCUT2D eigenvalue weighted by atomic mass is 10.2. The van der Waals surface area contributed by atoms with Crippen LogP contribution >= 0.6 is 0 Å². The summed E-state index contributed by atoms with van der Waals surface area (Å²) in [6.45, 7) is -0.631. The molecule has 1 N–H and O–H groups in total. The van der Waals surface area contributed by atoms with Gasteiger partial charge in [0.05, 0.1) is 12.0 Å². The number of rotatable bonds is 7. The Balaban J connectivity index is 1.44. The van der Waals surface area contributed by atoms with Gasteiger partial charge in [-0.05, 0) is 18.2 Å². The molecule has 3 rings (SSSR count). The fraction of sp³-hybridized carbons (Fsp3) is 0.200. The van der Waals surface area contributed by atoms with Crippen molar-refractivity contribution < 1.29 is 32.0 Å². The number of nitrogens with zero attached hydrogens (tertiary/aromatic N) is 2. The van der Waals surface area contributed by atoms with E-state index in [-0.39, 0.29) is 24.4 Å². The number of ether oxygens (including phenoxy) is 1. The van der Waals surface area contributed by atoms with Crippen molar-refractivity contribution in [2.24, 2.45) is 0 Å². The Labute approximate surface area is 168 Å². The Morgan fingerprint density at radius 2 is 1.83 bits per heavy atom. The number of hydrogen-bond acceptors (Lipinski definition) is 6. The number of anilines is 1. The number of aromatic nitrogens is 2. The number of nitrogens with one attached hydrogen (secondary N) is 1. The number of esters is 1. The second-order valence-electron chi connectivity index (χ2n) is 6.17. The summed E-state index contributed by atoms with van der Waals surface area (Å²) in [5.74, 6) is -0.820. The van der Waals surface area contributed by atoms with Gasteiger partial charge in [-0.25, -0.2) is 0 Å². The minimum absolute atomic E-state index is 0.0508. The van der Waals surface area contributed by atoms with E-state index in [1.54, 1.807) is 0 Å². The number of aryl methyl sites for hydroxylation is 1. The van der Waals surface area contributed by atoms with Gasteiger partial charge in [-0.2, -0.15) is 18.2 Å². The average Bonchev–Trinajstić information content (AvgIpc) is 3.20. The van der Waals surface area contributed by atoms with Gasteiger partial charge in [0.15, 0.2) is 6.61 Å². The molecule has 0 aliphatic rings. The third-order valence-electron chi connectivity index (χ3n) is 3.88. The second-order valence-corrected chi connectivity index (χ2v) is 6.17. The molecule has 0 aliphatic carbocycles. The van der Waals surface area contributed by atoms with Gasteiger partial charge < -0.3 is 14.6 Å². The van der Waals surface area contributed by atoms with E-state index in [1.807, 2.05) is 30.3 Å². The molecule has 10 heteroatoms. The quantitative estimate of drug-likeness (QED) is 0.585. The highest BCUT2D eigenvalue weighted by Crippen LogP contribution is 2.30.